The number of hydrazone groups is 1. The maximum Gasteiger partial charge on any atom is 0.179 e. The number of hydrogen-bond acceptors (Lipinski definition) is 4. The topological polar surface area (TPSA) is 38.5 Å². The molecule has 114 valence electrons. The Morgan fingerprint density at radius 3 is 2.81 bits per heavy atom. The highest BCUT2D eigenvalue weighted by atomic mass is 35.5. The quantitative estimate of drug-likeness (QED) is 0.816. The minimum Gasteiger partial charge on any atom is -0.489 e. The Morgan fingerprint density at radius 2 is 2.00 bits per heavy atom. The second-order valence-electron chi connectivity index (χ2n) is 5.54. The van der Waals surface area contributed by atoms with E-state index in [2.05, 4.69) is 17.2 Å². The van der Waals surface area contributed by atoms with Gasteiger partial charge >= 0.3 is 0 Å². The number of halogens is 1. The van der Waals surface area contributed by atoms with Crippen LogP contribution in [0, 0.1) is 0 Å². The Morgan fingerprint density at radius 1 is 1.24 bits per heavy atom. The number of rotatable bonds is 2. The molecule has 0 unspecified atom stereocenters. The summed E-state index contributed by atoms with van der Waals surface area (Å²) < 4.78 is 11.3. The zero-order valence-electron chi connectivity index (χ0n) is 12.3. The van der Waals surface area contributed by atoms with Gasteiger partial charge in [0.15, 0.2) is 11.5 Å². The smallest absolute Gasteiger partial charge is 0.179 e. The first kappa shape index (κ1) is 14.5. The molecular weight excluding hydrogens is 290 g/mol. The van der Waals surface area contributed by atoms with Gasteiger partial charge < -0.3 is 14.4 Å². The molecule has 6 heteroatoms. The number of likely N-dealkylation sites (N-methyl/N-ethyl adjacent to an activating group) is 1. The summed E-state index contributed by atoms with van der Waals surface area (Å²) in [6.07, 6.45) is 2.72. The normalized spacial score (nSPS) is 19.8. The Hall–Kier alpha value is -1.46. The van der Waals surface area contributed by atoms with Crippen molar-refractivity contribution < 1.29 is 14.4 Å². The molecule has 0 bridgehead atoms. The summed E-state index contributed by atoms with van der Waals surface area (Å²) in [4.78, 5) is 1.56. The number of fused-ring (bicyclic) bond motifs is 1. The first-order valence-corrected chi connectivity index (χ1v) is 7.79. The summed E-state index contributed by atoms with van der Waals surface area (Å²) in [7, 11) is 2.21. The summed E-state index contributed by atoms with van der Waals surface area (Å²) in [5.74, 6) is 1.36. The Kier molecular flexibility index (Phi) is 4.51. The van der Waals surface area contributed by atoms with E-state index in [0.717, 1.165) is 38.2 Å². The second kappa shape index (κ2) is 6.54. The van der Waals surface area contributed by atoms with Crippen LogP contribution in [-0.4, -0.2) is 57.7 Å². The number of nitrogens with one attached hydrogen (secondary N) is 1. The summed E-state index contributed by atoms with van der Waals surface area (Å²) >= 11 is 6.28. The molecule has 0 aromatic heterocycles. The molecule has 2 aliphatic rings. The van der Waals surface area contributed by atoms with Gasteiger partial charge in [0.2, 0.25) is 0 Å². The van der Waals surface area contributed by atoms with Crippen LogP contribution in [0.25, 0.3) is 0 Å². The Balaban J connectivity index is 1.73. The zero-order valence-corrected chi connectivity index (χ0v) is 13.0. The highest BCUT2D eigenvalue weighted by molar-refractivity contribution is 6.32. The van der Waals surface area contributed by atoms with Crippen molar-refractivity contribution in [3.8, 4) is 11.5 Å². The number of hydrogen-bond donors (Lipinski definition) is 1. The van der Waals surface area contributed by atoms with Crippen molar-refractivity contribution in [2.75, 3.05) is 46.4 Å². The van der Waals surface area contributed by atoms with Gasteiger partial charge in [-0.3, -0.25) is 5.01 Å². The van der Waals surface area contributed by atoms with Crippen molar-refractivity contribution in [1.29, 1.82) is 0 Å². The molecule has 1 aromatic carbocycles. The van der Waals surface area contributed by atoms with E-state index in [4.69, 9.17) is 21.1 Å². The maximum absolute atomic E-state index is 6.28. The molecule has 1 N–H and O–H groups in total. The van der Waals surface area contributed by atoms with E-state index in [9.17, 15) is 0 Å². The van der Waals surface area contributed by atoms with Crippen LogP contribution >= 0.6 is 11.6 Å². The van der Waals surface area contributed by atoms with Gasteiger partial charge in [0.1, 0.15) is 0 Å². The molecule has 5 nitrogen and oxygen atoms in total. The molecule has 21 heavy (non-hydrogen) atoms. The standard InChI is InChI=1S/C15H20ClN3O2/c1-18-3-5-19(6-4-18)17-11-12-9-13(16)15-14(10-12)20-7-2-8-21-15/h9-11H,2-8H2,1H3/p+1/b17-11-. The summed E-state index contributed by atoms with van der Waals surface area (Å²) in [6.45, 7) is 5.52. The third kappa shape index (κ3) is 3.60. The van der Waals surface area contributed by atoms with E-state index >= 15 is 0 Å². The fraction of sp³-hybridized carbons (Fsp3) is 0.533. The molecule has 0 spiro atoms. The van der Waals surface area contributed by atoms with E-state index in [1.165, 1.54) is 0 Å². The van der Waals surface area contributed by atoms with E-state index in [0.29, 0.717) is 29.7 Å². The highest BCUT2D eigenvalue weighted by Crippen LogP contribution is 2.37. The average Bonchev–Trinajstić information content (AvgIpc) is 2.72. The minimum atomic E-state index is 0.582. The van der Waals surface area contributed by atoms with Crippen LogP contribution < -0.4 is 14.4 Å². The monoisotopic (exact) mass is 310 g/mol. The molecule has 0 radical (unpaired) electrons. The second-order valence-corrected chi connectivity index (χ2v) is 5.94. The van der Waals surface area contributed by atoms with Crippen molar-refractivity contribution in [2.24, 2.45) is 5.10 Å². The average molecular weight is 311 g/mol. The first-order chi connectivity index (χ1) is 10.2. The molecule has 0 aliphatic carbocycles. The molecule has 1 aromatic rings. The lowest BCUT2D eigenvalue weighted by molar-refractivity contribution is -0.884. The third-order valence-corrected chi connectivity index (χ3v) is 4.07. The Labute approximate surface area is 130 Å². The van der Waals surface area contributed by atoms with E-state index < -0.39 is 0 Å². The van der Waals surface area contributed by atoms with Crippen LogP contribution in [0.3, 0.4) is 0 Å². The largest absolute Gasteiger partial charge is 0.489 e. The predicted octanol–water partition coefficient (Wildman–Crippen LogP) is 0.666. The molecule has 1 fully saturated rings. The minimum absolute atomic E-state index is 0.582. The predicted molar refractivity (Wildman–Crippen MR) is 82.8 cm³/mol. The van der Waals surface area contributed by atoms with Crippen molar-refractivity contribution in [3.05, 3.63) is 22.7 Å². The lowest BCUT2D eigenvalue weighted by Gasteiger charge is -2.27. The molecule has 1 saturated heterocycles. The van der Waals surface area contributed by atoms with Crippen LogP contribution in [0.4, 0.5) is 0 Å². The number of quaternary nitrogens is 1. The van der Waals surface area contributed by atoms with Gasteiger partial charge in [0, 0.05) is 6.42 Å². The Bertz CT molecular complexity index is 528. The van der Waals surface area contributed by atoms with Gasteiger partial charge in [-0.2, -0.15) is 5.10 Å². The van der Waals surface area contributed by atoms with Gasteiger partial charge in [0.25, 0.3) is 0 Å². The van der Waals surface area contributed by atoms with E-state index in [-0.39, 0.29) is 0 Å². The third-order valence-electron chi connectivity index (χ3n) is 3.79. The molecule has 0 amide bonds. The van der Waals surface area contributed by atoms with Crippen molar-refractivity contribution >= 4 is 17.8 Å². The molecular formula is C15H21ClN3O2+. The number of nitrogens with zero attached hydrogens (tertiary/aromatic N) is 2. The maximum atomic E-state index is 6.28. The number of piperazine rings is 1. The summed E-state index contributed by atoms with van der Waals surface area (Å²) in [6, 6.07) is 3.82. The van der Waals surface area contributed by atoms with Crippen molar-refractivity contribution in [3.63, 3.8) is 0 Å². The molecule has 0 saturated carbocycles. The molecule has 2 aliphatic heterocycles. The van der Waals surface area contributed by atoms with E-state index in [1.54, 1.807) is 4.90 Å². The van der Waals surface area contributed by atoms with Gasteiger partial charge in [-0.05, 0) is 17.7 Å². The van der Waals surface area contributed by atoms with Crippen LogP contribution in [0.1, 0.15) is 12.0 Å². The first-order valence-electron chi connectivity index (χ1n) is 7.42. The summed E-state index contributed by atoms with van der Waals surface area (Å²) in [5, 5.41) is 7.22. The van der Waals surface area contributed by atoms with Crippen LogP contribution in [0.15, 0.2) is 17.2 Å². The fourth-order valence-electron chi connectivity index (χ4n) is 2.47. The van der Waals surface area contributed by atoms with Crippen molar-refractivity contribution in [2.45, 2.75) is 6.42 Å². The number of benzene rings is 1. The van der Waals surface area contributed by atoms with Gasteiger partial charge in [-0.1, -0.05) is 11.6 Å². The van der Waals surface area contributed by atoms with Crippen LogP contribution in [-0.2, 0) is 0 Å². The molecule has 2 heterocycles. The lowest BCUT2D eigenvalue weighted by atomic mass is 10.2. The molecule has 0 atom stereocenters. The zero-order chi connectivity index (χ0) is 14.7. The van der Waals surface area contributed by atoms with Crippen molar-refractivity contribution in [1.82, 2.24) is 5.01 Å². The SMILES string of the molecule is C[NH+]1CCN(/N=C\c2cc(Cl)c3c(c2)OCCCO3)CC1. The number of ether oxygens (including phenoxy) is 2. The van der Waals surface area contributed by atoms with E-state index in [1.807, 2.05) is 18.3 Å². The van der Waals surface area contributed by atoms with Crippen LogP contribution in [0.2, 0.25) is 5.02 Å². The lowest BCUT2D eigenvalue weighted by Crippen LogP contribution is -3.11. The van der Waals surface area contributed by atoms with Gasteiger partial charge in [-0.25, -0.2) is 0 Å². The summed E-state index contributed by atoms with van der Waals surface area (Å²) in [5.41, 5.74) is 0.940. The van der Waals surface area contributed by atoms with Gasteiger partial charge in [-0.15, -0.1) is 0 Å². The highest BCUT2D eigenvalue weighted by Gasteiger charge is 2.16. The fourth-order valence-corrected chi connectivity index (χ4v) is 2.74. The molecule has 3 rings (SSSR count). The van der Waals surface area contributed by atoms with Crippen LogP contribution in [0.5, 0.6) is 11.5 Å². The van der Waals surface area contributed by atoms with Gasteiger partial charge in [0.05, 0.1) is 57.7 Å².